The standard InChI is InChI=1S/C16H15ClF2O/c1-9-4-7-13(18)14(16(9)19)15(17)12-6-5-11(20-3)8-10(12)2/h4-8,15H,1-3H3. The lowest BCUT2D eigenvalue weighted by Gasteiger charge is -2.16. The van der Waals surface area contributed by atoms with Crippen LogP contribution in [0.2, 0.25) is 0 Å². The second-order valence-electron chi connectivity index (χ2n) is 4.68. The molecule has 0 aliphatic heterocycles. The smallest absolute Gasteiger partial charge is 0.134 e. The molecule has 0 radical (unpaired) electrons. The maximum Gasteiger partial charge on any atom is 0.134 e. The van der Waals surface area contributed by atoms with E-state index in [0.717, 1.165) is 5.56 Å². The molecule has 0 amide bonds. The summed E-state index contributed by atoms with van der Waals surface area (Å²) in [5, 5.41) is -0.874. The fraction of sp³-hybridized carbons (Fsp3) is 0.250. The summed E-state index contributed by atoms with van der Waals surface area (Å²) in [5.74, 6) is -0.552. The van der Waals surface area contributed by atoms with Gasteiger partial charge in [0.1, 0.15) is 17.4 Å². The number of hydrogen-bond donors (Lipinski definition) is 0. The number of halogens is 3. The number of rotatable bonds is 3. The van der Waals surface area contributed by atoms with Gasteiger partial charge in [0.15, 0.2) is 0 Å². The van der Waals surface area contributed by atoms with Crippen molar-refractivity contribution < 1.29 is 13.5 Å². The summed E-state index contributed by atoms with van der Waals surface area (Å²) in [6, 6.07) is 7.88. The molecule has 2 aromatic carbocycles. The van der Waals surface area contributed by atoms with Crippen LogP contribution in [-0.4, -0.2) is 7.11 Å². The number of methoxy groups -OCH3 is 1. The largest absolute Gasteiger partial charge is 0.497 e. The monoisotopic (exact) mass is 296 g/mol. The minimum absolute atomic E-state index is 0.111. The van der Waals surface area contributed by atoms with Crippen LogP contribution in [0.3, 0.4) is 0 Å². The minimum atomic E-state index is -0.874. The van der Waals surface area contributed by atoms with Crippen LogP contribution in [0, 0.1) is 25.5 Å². The average Bonchev–Trinajstić information content (AvgIpc) is 2.43. The van der Waals surface area contributed by atoms with Crippen molar-refractivity contribution in [3.63, 3.8) is 0 Å². The van der Waals surface area contributed by atoms with E-state index in [1.165, 1.54) is 12.1 Å². The van der Waals surface area contributed by atoms with Crippen LogP contribution < -0.4 is 4.74 Å². The molecule has 4 heteroatoms. The van der Waals surface area contributed by atoms with Gasteiger partial charge in [-0.3, -0.25) is 0 Å². The fourth-order valence-electron chi connectivity index (χ4n) is 2.13. The van der Waals surface area contributed by atoms with Crippen molar-refractivity contribution >= 4 is 11.6 Å². The molecule has 2 aromatic rings. The Bertz CT molecular complexity index is 641. The Balaban J connectivity index is 2.52. The highest BCUT2D eigenvalue weighted by atomic mass is 35.5. The maximum atomic E-state index is 14.1. The van der Waals surface area contributed by atoms with Gasteiger partial charge >= 0.3 is 0 Å². The Hall–Kier alpha value is -1.61. The molecule has 2 rings (SSSR count). The van der Waals surface area contributed by atoms with Crippen LogP contribution in [-0.2, 0) is 0 Å². The maximum absolute atomic E-state index is 14.1. The molecular weight excluding hydrogens is 282 g/mol. The second kappa shape index (κ2) is 5.80. The van der Waals surface area contributed by atoms with Crippen LogP contribution >= 0.6 is 11.6 Å². The zero-order valence-corrected chi connectivity index (χ0v) is 12.3. The molecule has 20 heavy (non-hydrogen) atoms. The van der Waals surface area contributed by atoms with Crippen molar-refractivity contribution in [1.29, 1.82) is 0 Å². The molecule has 0 saturated carbocycles. The van der Waals surface area contributed by atoms with Crippen molar-refractivity contribution in [1.82, 2.24) is 0 Å². The molecule has 0 aliphatic carbocycles. The first-order valence-corrected chi connectivity index (χ1v) is 6.62. The van der Waals surface area contributed by atoms with Crippen molar-refractivity contribution in [2.75, 3.05) is 7.11 Å². The average molecular weight is 297 g/mol. The Kier molecular flexibility index (Phi) is 4.29. The molecular formula is C16H15ClF2O. The molecule has 0 bridgehead atoms. The third-order valence-electron chi connectivity index (χ3n) is 3.32. The predicted octanol–water partition coefficient (Wildman–Crippen LogP) is 4.92. The van der Waals surface area contributed by atoms with E-state index in [-0.39, 0.29) is 5.56 Å². The lowest BCUT2D eigenvalue weighted by atomic mass is 9.97. The first-order valence-electron chi connectivity index (χ1n) is 6.18. The molecule has 0 saturated heterocycles. The van der Waals surface area contributed by atoms with E-state index >= 15 is 0 Å². The summed E-state index contributed by atoms with van der Waals surface area (Å²) in [4.78, 5) is 0. The highest BCUT2D eigenvalue weighted by molar-refractivity contribution is 6.22. The van der Waals surface area contributed by atoms with Crippen LogP contribution in [0.25, 0.3) is 0 Å². The highest BCUT2D eigenvalue weighted by Crippen LogP contribution is 2.36. The third kappa shape index (κ3) is 2.63. The van der Waals surface area contributed by atoms with Gasteiger partial charge in [-0.15, -0.1) is 11.6 Å². The van der Waals surface area contributed by atoms with Gasteiger partial charge in [0.25, 0.3) is 0 Å². The van der Waals surface area contributed by atoms with Gasteiger partial charge in [-0.25, -0.2) is 8.78 Å². The van der Waals surface area contributed by atoms with Gasteiger partial charge in [0, 0.05) is 5.56 Å². The van der Waals surface area contributed by atoms with Crippen LogP contribution in [0.15, 0.2) is 30.3 Å². The first-order chi connectivity index (χ1) is 9.45. The first kappa shape index (κ1) is 14.8. The Morgan fingerprint density at radius 3 is 2.35 bits per heavy atom. The number of hydrogen-bond acceptors (Lipinski definition) is 1. The SMILES string of the molecule is COc1ccc(C(Cl)c2c(F)ccc(C)c2F)c(C)c1. The molecule has 0 aromatic heterocycles. The van der Waals surface area contributed by atoms with Gasteiger partial charge in [0.05, 0.1) is 12.5 Å². The van der Waals surface area contributed by atoms with E-state index < -0.39 is 17.0 Å². The van der Waals surface area contributed by atoms with Gasteiger partial charge in [-0.05, 0) is 48.7 Å². The van der Waals surface area contributed by atoms with E-state index in [2.05, 4.69) is 0 Å². The van der Waals surface area contributed by atoms with Crippen molar-refractivity contribution in [3.05, 3.63) is 64.2 Å². The molecule has 0 N–H and O–H groups in total. The molecule has 0 spiro atoms. The van der Waals surface area contributed by atoms with E-state index in [0.29, 0.717) is 16.9 Å². The Labute approximate surface area is 122 Å². The molecule has 1 nitrogen and oxygen atoms in total. The zero-order valence-electron chi connectivity index (χ0n) is 11.5. The third-order valence-corrected chi connectivity index (χ3v) is 3.78. The lowest BCUT2D eigenvalue weighted by molar-refractivity contribution is 0.414. The second-order valence-corrected chi connectivity index (χ2v) is 5.11. The molecule has 106 valence electrons. The number of alkyl halides is 1. The van der Waals surface area contributed by atoms with E-state index in [4.69, 9.17) is 16.3 Å². The molecule has 1 atom stereocenters. The molecule has 0 aliphatic rings. The summed E-state index contributed by atoms with van der Waals surface area (Å²) in [6.07, 6.45) is 0. The van der Waals surface area contributed by atoms with Gasteiger partial charge < -0.3 is 4.74 Å². The van der Waals surface area contributed by atoms with Gasteiger partial charge in [-0.1, -0.05) is 12.1 Å². The normalized spacial score (nSPS) is 12.3. The fourth-order valence-corrected chi connectivity index (χ4v) is 2.57. The molecule has 0 heterocycles. The van der Waals surface area contributed by atoms with Crippen LogP contribution in [0.1, 0.15) is 27.6 Å². The van der Waals surface area contributed by atoms with Crippen LogP contribution in [0.4, 0.5) is 8.78 Å². The van der Waals surface area contributed by atoms with Crippen molar-refractivity contribution in [2.45, 2.75) is 19.2 Å². The zero-order chi connectivity index (χ0) is 14.9. The van der Waals surface area contributed by atoms with Crippen LogP contribution in [0.5, 0.6) is 5.75 Å². The Morgan fingerprint density at radius 1 is 1.05 bits per heavy atom. The number of ether oxygens (including phenoxy) is 1. The minimum Gasteiger partial charge on any atom is -0.497 e. The van der Waals surface area contributed by atoms with E-state index in [1.54, 1.807) is 32.2 Å². The topological polar surface area (TPSA) is 9.23 Å². The predicted molar refractivity (Wildman–Crippen MR) is 76.5 cm³/mol. The highest BCUT2D eigenvalue weighted by Gasteiger charge is 2.22. The summed E-state index contributed by atoms with van der Waals surface area (Å²) in [5.41, 5.74) is 1.75. The summed E-state index contributed by atoms with van der Waals surface area (Å²) in [7, 11) is 1.56. The summed E-state index contributed by atoms with van der Waals surface area (Å²) >= 11 is 6.29. The van der Waals surface area contributed by atoms with E-state index in [1.807, 2.05) is 6.92 Å². The van der Waals surface area contributed by atoms with Gasteiger partial charge in [-0.2, -0.15) is 0 Å². The Morgan fingerprint density at radius 2 is 1.75 bits per heavy atom. The van der Waals surface area contributed by atoms with E-state index in [9.17, 15) is 8.78 Å². The van der Waals surface area contributed by atoms with Gasteiger partial charge in [0.2, 0.25) is 0 Å². The molecule has 0 fully saturated rings. The lowest BCUT2D eigenvalue weighted by Crippen LogP contribution is -2.04. The number of aryl methyl sites for hydroxylation is 2. The molecule has 1 unspecified atom stereocenters. The summed E-state index contributed by atoms with van der Waals surface area (Å²) in [6.45, 7) is 3.42. The van der Waals surface area contributed by atoms with Crippen molar-refractivity contribution in [2.24, 2.45) is 0 Å². The van der Waals surface area contributed by atoms with Crippen molar-refractivity contribution in [3.8, 4) is 5.75 Å². The number of benzene rings is 2. The summed E-state index contributed by atoms with van der Waals surface area (Å²) < 4.78 is 33.1. The quantitative estimate of drug-likeness (QED) is 0.731.